The van der Waals surface area contributed by atoms with Crippen LogP contribution in [0, 0.1) is 0 Å². The van der Waals surface area contributed by atoms with E-state index in [-0.39, 0.29) is 0 Å². The Balaban J connectivity index is 1.60. The molecule has 3 nitrogen and oxygen atoms in total. The van der Waals surface area contributed by atoms with Gasteiger partial charge >= 0.3 is 0 Å². The summed E-state index contributed by atoms with van der Waals surface area (Å²) < 4.78 is 6.04. The molecule has 102 valence electrons. The van der Waals surface area contributed by atoms with E-state index in [0.29, 0.717) is 6.10 Å². The van der Waals surface area contributed by atoms with Crippen LogP contribution in [0.2, 0.25) is 0 Å². The molecular formula is C14H24N2OS. The Morgan fingerprint density at radius 2 is 2.06 bits per heavy atom. The Bertz CT molecular complexity index is 337. The van der Waals surface area contributed by atoms with Gasteiger partial charge in [-0.3, -0.25) is 4.90 Å². The number of piperazine rings is 1. The van der Waals surface area contributed by atoms with Gasteiger partial charge in [0, 0.05) is 42.9 Å². The van der Waals surface area contributed by atoms with Gasteiger partial charge in [0.2, 0.25) is 0 Å². The minimum atomic E-state index is 0.368. The lowest BCUT2D eigenvalue weighted by molar-refractivity contribution is 0.0335. The van der Waals surface area contributed by atoms with Crippen molar-refractivity contribution in [1.29, 1.82) is 0 Å². The van der Waals surface area contributed by atoms with Crippen LogP contribution >= 0.6 is 11.8 Å². The first-order chi connectivity index (χ1) is 8.72. The molecular weight excluding hydrogens is 244 g/mol. The normalized spacial score (nSPS) is 35.0. The highest BCUT2D eigenvalue weighted by atomic mass is 32.2. The molecule has 0 aromatic carbocycles. The summed E-state index contributed by atoms with van der Waals surface area (Å²) in [5, 5.41) is 0.770. The highest BCUT2D eigenvalue weighted by Crippen LogP contribution is 2.43. The molecule has 0 aromatic heterocycles. The first-order valence-corrected chi connectivity index (χ1v) is 8.01. The SMILES string of the molecule is CC1CC2=C(S1)C(CN1CCN(C)CC1)OCC2. The quantitative estimate of drug-likeness (QED) is 0.758. The molecule has 0 bridgehead atoms. The first-order valence-electron chi connectivity index (χ1n) is 7.13. The van der Waals surface area contributed by atoms with Crippen LogP contribution in [-0.2, 0) is 4.74 Å². The number of hydrogen-bond acceptors (Lipinski definition) is 4. The van der Waals surface area contributed by atoms with E-state index in [2.05, 4.69) is 35.5 Å². The molecule has 3 aliphatic heterocycles. The second-order valence-electron chi connectivity index (χ2n) is 5.81. The highest BCUT2D eigenvalue weighted by molar-refractivity contribution is 8.04. The fourth-order valence-electron chi connectivity index (χ4n) is 3.12. The maximum atomic E-state index is 6.04. The molecule has 3 rings (SSSR count). The van der Waals surface area contributed by atoms with Gasteiger partial charge in [-0.05, 0) is 19.9 Å². The molecule has 0 N–H and O–H groups in total. The Kier molecular flexibility index (Phi) is 3.99. The topological polar surface area (TPSA) is 15.7 Å². The van der Waals surface area contributed by atoms with Crippen molar-refractivity contribution < 1.29 is 4.74 Å². The number of hydrogen-bond donors (Lipinski definition) is 0. The molecule has 0 amide bonds. The van der Waals surface area contributed by atoms with Gasteiger partial charge in [-0.15, -0.1) is 11.8 Å². The van der Waals surface area contributed by atoms with Gasteiger partial charge in [-0.1, -0.05) is 12.5 Å². The van der Waals surface area contributed by atoms with Crippen LogP contribution in [0.5, 0.6) is 0 Å². The zero-order chi connectivity index (χ0) is 12.5. The third-order valence-electron chi connectivity index (χ3n) is 4.25. The van der Waals surface area contributed by atoms with Crippen molar-refractivity contribution >= 4 is 11.8 Å². The van der Waals surface area contributed by atoms with Gasteiger partial charge in [0.05, 0.1) is 6.61 Å². The lowest BCUT2D eigenvalue weighted by Gasteiger charge is -2.36. The van der Waals surface area contributed by atoms with Crippen LogP contribution < -0.4 is 0 Å². The zero-order valence-corrected chi connectivity index (χ0v) is 12.3. The third-order valence-corrected chi connectivity index (χ3v) is 5.62. The lowest BCUT2D eigenvalue weighted by Crippen LogP contribution is -2.47. The molecule has 0 radical (unpaired) electrons. The standard InChI is InChI=1S/C14H24N2OS/c1-11-9-12-3-8-17-13(14(12)18-11)10-16-6-4-15(2)5-7-16/h11,13H,3-10H2,1-2H3. The molecule has 3 heterocycles. The van der Waals surface area contributed by atoms with E-state index in [1.807, 2.05) is 0 Å². The van der Waals surface area contributed by atoms with Crippen LogP contribution in [0.1, 0.15) is 19.8 Å². The fraction of sp³-hybridized carbons (Fsp3) is 0.857. The number of rotatable bonds is 2. The van der Waals surface area contributed by atoms with Crippen molar-refractivity contribution in [2.75, 3.05) is 46.4 Å². The van der Waals surface area contributed by atoms with E-state index >= 15 is 0 Å². The van der Waals surface area contributed by atoms with E-state index in [0.717, 1.165) is 18.4 Å². The monoisotopic (exact) mass is 268 g/mol. The number of nitrogens with zero attached hydrogens (tertiary/aromatic N) is 2. The molecule has 2 unspecified atom stereocenters. The molecule has 1 saturated heterocycles. The Morgan fingerprint density at radius 3 is 2.83 bits per heavy atom. The number of likely N-dealkylation sites (N-methyl/N-ethyl adjacent to an activating group) is 1. The van der Waals surface area contributed by atoms with Gasteiger partial charge in [0.1, 0.15) is 6.10 Å². The molecule has 0 aromatic rings. The van der Waals surface area contributed by atoms with Crippen molar-refractivity contribution in [3.8, 4) is 0 Å². The Morgan fingerprint density at radius 1 is 1.28 bits per heavy atom. The van der Waals surface area contributed by atoms with Crippen molar-refractivity contribution in [2.45, 2.75) is 31.1 Å². The summed E-state index contributed by atoms with van der Waals surface area (Å²) in [6.07, 6.45) is 2.83. The number of ether oxygens (including phenoxy) is 1. The van der Waals surface area contributed by atoms with Crippen LogP contribution in [0.4, 0.5) is 0 Å². The smallest absolute Gasteiger partial charge is 0.101 e. The summed E-state index contributed by atoms with van der Waals surface area (Å²) in [5.41, 5.74) is 1.69. The second kappa shape index (κ2) is 5.53. The number of thioether (sulfide) groups is 1. The van der Waals surface area contributed by atoms with E-state index < -0.39 is 0 Å². The lowest BCUT2D eigenvalue weighted by atomic mass is 10.0. The van der Waals surface area contributed by atoms with Crippen molar-refractivity contribution in [2.24, 2.45) is 0 Å². The second-order valence-corrected chi connectivity index (χ2v) is 7.29. The van der Waals surface area contributed by atoms with Crippen molar-refractivity contribution in [3.05, 3.63) is 10.5 Å². The molecule has 0 saturated carbocycles. The summed E-state index contributed by atoms with van der Waals surface area (Å²) in [4.78, 5) is 6.56. The minimum absolute atomic E-state index is 0.368. The van der Waals surface area contributed by atoms with Crippen molar-refractivity contribution in [1.82, 2.24) is 9.80 Å². The van der Waals surface area contributed by atoms with E-state index in [1.54, 1.807) is 10.5 Å². The van der Waals surface area contributed by atoms with Crippen LogP contribution in [0.15, 0.2) is 10.5 Å². The van der Waals surface area contributed by atoms with Gasteiger partial charge in [-0.25, -0.2) is 0 Å². The molecule has 18 heavy (non-hydrogen) atoms. The largest absolute Gasteiger partial charge is 0.371 e. The predicted octanol–water partition coefficient (Wildman–Crippen LogP) is 1.80. The molecule has 2 atom stereocenters. The maximum absolute atomic E-state index is 6.04. The van der Waals surface area contributed by atoms with Gasteiger partial charge in [-0.2, -0.15) is 0 Å². The van der Waals surface area contributed by atoms with Crippen molar-refractivity contribution in [3.63, 3.8) is 0 Å². The fourth-order valence-corrected chi connectivity index (χ4v) is 4.48. The summed E-state index contributed by atoms with van der Waals surface area (Å²) >= 11 is 2.06. The zero-order valence-electron chi connectivity index (χ0n) is 11.5. The molecule has 1 fully saturated rings. The molecule has 3 aliphatic rings. The third kappa shape index (κ3) is 2.77. The predicted molar refractivity (Wildman–Crippen MR) is 77.0 cm³/mol. The van der Waals surface area contributed by atoms with Gasteiger partial charge in [0.25, 0.3) is 0 Å². The Labute approximate surface area is 115 Å². The molecule has 0 spiro atoms. The van der Waals surface area contributed by atoms with E-state index in [4.69, 9.17) is 4.74 Å². The van der Waals surface area contributed by atoms with Gasteiger partial charge in [0.15, 0.2) is 0 Å². The minimum Gasteiger partial charge on any atom is -0.371 e. The first kappa shape index (κ1) is 13.0. The van der Waals surface area contributed by atoms with Crippen LogP contribution in [-0.4, -0.2) is 67.5 Å². The van der Waals surface area contributed by atoms with Crippen LogP contribution in [0.3, 0.4) is 0 Å². The summed E-state index contributed by atoms with van der Waals surface area (Å²) in [7, 11) is 2.21. The van der Waals surface area contributed by atoms with E-state index in [1.165, 1.54) is 39.0 Å². The average Bonchev–Trinajstić information content (AvgIpc) is 2.73. The Hall–Kier alpha value is -0.0300. The van der Waals surface area contributed by atoms with E-state index in [9.17, 15) is 0 Å². The summed E-state index contributed by atoms with van der Waals surface area (Å²) in [6, 6.07) is 0. The van der Waals surface area contributed by atoms with Crippen LogP contribution in [0.25, 0.3) is 0 Å². The highest BCUT2D eigenvalue weighted by Gasteiger charge is 2.32. The average molecular weight is 268 g/mol. The maximum Gasteiger partial charge on any atom is 0.101 e. The van der Waals surface area contributed by atoms with Gasteiger partial charge < -0.3 is 9.64 Å². The molecule has 0 aliphatic carbocycles. The molecule has 4 heteroatoms. The summed E-state index contributed by atoms with van der Waals surface area (Å²) in [5.74, 6) is 0. The summed E-state index contributed by atoms with van der Waals surface area (Å²) in [6.45, 7) is 9.16.